The molecule has 1 aliphatic heterocycles. The van der Waals surface area contributed by atoms with Gasteiger partial charge in [-0.3, -0.25) is 0 Å². The topological polar surface area (TPSA) is 60.2 Å². The molecule has 2 saturated carbocycles. The zero-order valence-corrected chi connectivity index (χ0v) is 12.2. The van der Waals surface area contributed by atoms with Crippen molar-refractivity contribution in [1.82, 2.24) is 15.5 Å². The maximum atomic E-state index is 6.02. The number of ether oxygens (including phenoxy) is 1. The lowest BCUT2D eigenvalue weighted by Gasteiger charge is -2.50. The molecular formula is C15H23N3O2. The van der Waals surface area contributed by atoms with E-state index in [4.69, 9.17) is 9.26 Å². The summed E-state index contributed by atoms with van der Waals surface area (Å²) in [4.78, 5) is 4.47. The average molecular weight is 277 g/mol. The van der Waals surface area contributed by atoms with Gasteiger partial charge in [0, 0.05) is 19.6 Å². The second-order valence-electron chi connectivity index (χ2n) is 6.79. The van der Waals surface area contributed by atoms with Crippen molar-refractivity contribution in [3.63, 3.8) is 0 Å². The van der Waals surface area contributed by atoms with Crippen LogP contribution < -0.4 is 5.32 Å². The van der Waals surface area contributed by atoms with Gasteiger partial charge in [-0.1, -0.05) is 5.16 Å². The molecule has 0 radical (unpaired) electrons. The summed E-state index contributed by atoms with van der Waals surface area (Å²) >= 11 is 0. The lowest BCUT2D eigenvalue weighted by Crippen LogP contribution is -2.58. The van der Waals surface area contributed by atoms with Crippen molar-refractivity contribution in [1.29, 1.82) is 0 Å². The van der Waals surface area contributed by atoms with E-state index < -0.39 is 0 Å². The van der Waals surface area contributed by atoms with Gasteiger partial charge in [0.05, 0.1) is 11.1 Å². The molecule has 1 spiro atoms. The summed E-state index contributed by atoms with van der Waals surface area (Å²) < 4.78 is 11.2. The second-order valence-corrected chi connectivity index (χ2v) is 6.79. The van der Waals surface area contributed by atoms with E-state index in [1.807, 2.05) is 6.92 Å². The van der Waals surface area contributed by atoms with Gasteiger partial charge in [-0.2, -0.15) is 4.98 Å². The van der Waals surface area contributed by atoms with E-state index in [1.165, 1.54) is 25.7 Å². The number of hydrogen-bond acceptors (Lipinski definition) is 5. The third kappa shape index (κ3) is 1.99. The summed E-state index contributed by atoms with van der Waals surface area (Å²) in [6.07, 6.45) is 9.52. The lowest BCUT2D eigenvalue weighted by molar-refractivity contribution is -0.139. The maximum absolute atomic E-state index is 6.02. The molecule has 5 nitrogen and oxygen atoms in total. The number of aromatic nitrogens is 2. The normalized spacial score (nSPS) is 30.8. The van der Waals surface area contributed by atoms with E-state index in [1.54, 1.807) is 0 Å². The molecule has 20 heavy (non-hydrogen) atoms. The van der Waals surface area contributed by atoms with Gasteiger partial charge in [0.25, 0.3) is 0 Å². The first-order valence-corrected chi connectivity index (χ1v) is 7.92. The van der Waals surface area contributed by atoms with Crippen molar-refractivity contribution in [3.05, 3.63) is 11.7 Å². The molecule has 2 aliphatic carbocycles. The number of nitrogens with one attached hydrogen (secondary N) is 1. The summed E-state index contributed by atoms with van der Waals surface area (Å²) in [5, 5.41) is 8.02. The molecule has 0 aromatic carbocycles. The van der Waals surface area contributed by atoms with Crippen molar-refractivity contribution < 1.29 is 9.26 Å². The van der Waals surface area contributed by atoms with Gasteiger partial charge in [0.1, 0.15) is 0 Å². The molecular weight excluding hydrogens is 254 g/mol. The van der Waals surface area contributed by atoms with E-state index in [0.717, 1.165) is 38.1 Å². The fraction of sp³-hybridized carbons (Fsp3) is 0.867. The molecule has 5 heteroatoms. The Morgan fingerprint density at radius 3 is 2.55 bits per heavy atom. The standard InChI is InChI=1S/C15H23N3O2/c1-11-16-13(18-20-11)15(7-3-8-15)17-12-4-9-19-14(10-12)5-2-6-14/h12,17H,2-10H2,1H3/t12-/m1/s1. The highest BCUT2D eigenvalue weighted by atomic mass is 16.5. The molecule has 3 fully saturated rings. The molecule has 1 aromatic heterocycles. The Bertz CT molecular complexity index is 491. The van der Waals surface area contributed by atoms with E-state index >= 15 is 0 Å². The van der Waals surface area contributed by atoms with E-state index in [9.17, 15) is 0 Å². The van der Waals surface area contributed by atoms with Crippen LogP contribution >= 0.6 is 0 Å². The zero-order chi connectivity index (χ0) is 13.6. The van der Waals surface area contributed by atoms with Crippen LogP contribution in [0.15, 0.2) is 4.52 Å². The number of nitrogens with zero attached hydrogens (tertiary/aromatic N) is 2. The van der Waals surface area contributed by atoms with E-state index in [0.29, 0.717) is 11.9 Å². The van der Waals surface area contributed by atoms with Crippen LogP contribution in [0.3, 0.4) is 0 Å². The minimum atomic E-state index is -0.0370. The van der Waals surface area contributed by atoms with Gasteiger partial charge >= 0.3 is 0 Å². The molecule has 0 amide bonds. The largest absolute Gasteiger partial charge is 0.375 e. The molecule has 1 saturated heterocycles. The molecule has 1 aromatic rings. The Labute approximate surface area is 119 Å². The predicted octanol–water partition coefficient (Wildman–Crippen LogP) is 2.45. The van der Waals surface area contributed by atoms with Crippen molar-refractivity contribution in [2.24, 2.45) is 0 Å². The van der Waals surface area contributed by atoms with Crippen LogP contribution in [0.2, 0.25) is 0 Å². The molecule has 110 valence electrons. The van der Waals surface area contributed by atoms with Crippen molar-refractivity contribution >= 4 is 0 Å². The molecule has 1 N–H and O–H groups in total. The van der Waals surface area contributed by atoms with Gasteiger partial charge in [-0.15, -0.1) is 0 Å². The number of rotatable bonds is 3. The third-order valence-corrected chi connectivity index (χ3v) is 5.40. The van der Waals surface area contributed by atoms with Crippen LogP contribution in [0.5, 0.6) is 0 Å². The van der Waals surface area contributed by atoms with Gasteiger partial charge in [0.2, 0.25) is 5.89 Å². The Hall–Kier alpha value is -0.940. The SMILES string of the molecule is Cc1nc(C2(N[C@@H]3CCOC4(CCC4)C3)CCC2)no1. The highest BCUT2D eigenvalue weighted by molar-refractivity contribution is 5.12. The summed E-state index contributed by atoms with van der Waals surface area (Å²) in [5.74, 6) is 1.52. The molecule has 2 heterocycles. The monoisotopic (exact) mass is 277 g/mol. The van der Waals surface area contributed by atoms with Crippen molar-refractivity contribution in [2.45, 2.75) is 75.5 Å². The van der Waals surface area contributed by atoms with Crippen molar-refractivity contribution in [3.8, 4) is 0 Å². The first-order valence-electron chi connectivity index (χ1n) is 7.92. The molecule has 0 bridgehead atoms. The predicted molar refractivity (Wildman–Crippen MR) is 73.3 cm³/mol. The zero-order valence-electron chi connectivity index (χ0n) is 12.2. The minimum absolute atomic E-state index is 0.0370. The number of hydrogen-bond donors (Lipinski definition) is 1. The third-order valence-electron chi connectivity index (χ3n) is 5.40. The van der Waals surface area contributed by atoms with Crippen LogP contribution in [0.1, 0.15) is 63.1 Å². The fourth-order valence-corrected chi connectivity index (χ4v) is 3.92. The molecule has 1 atom stereocenters. The first kappa shape index (κ1) is 12.8. The highest BCUT2D eigenvalue weighted by Crippen LogP contribution is 2.45. The molecule has 0 unspecified atom stereocenters. The molecule has 3 aliphatic rings. The highest BCUT2D eigenvalue weighted by Gasteiger charge is 2.48. The Morgan fingerprint density at radius 1 is 1.20 bits per heavy atom. The Kier molecular flexibility index (Phi) is 2.89. The van der Waals surface area contributed by atoms with E-state index in [2.05, 4.69) is 15.5 Å². The second kappa shape index (κ2) is 4.53. The van der Waals surface area contributed by atoms with Gasteiger partial charge in [0.15, 0.2) is 5.82 Å². The number of aryl methyl sites for hydroxylation is 1. The summed E-state index contributed by atoms with van der Waals surface area (Å²) in [6.45, 7) is 2.75. The van der Waals surface area contributed by atoms with Crippen LogP contribution in [0.4, 0.5) is 0 Å². The van der Waals surface area contributed by atoms with E-state index in [-0.39, 0.29) is 11.1 Å². The molecule has 4 rings (SSSR count). The average Bonchev–Trinajstić information content (AvgIpc) is 2.79. The maximum Gasteiger partial charge on any atom is 0.223 e. The van der Waals surface area contributed by atoms with Crippen molar-refractivity contribution in [2.75, 3.05) is 6.61 Å². The van der Waals surface area contributed by atoms with Gasteiger partial charge in [-0.05, 0) is 51.4 Å². The summed E-state index contributed by atoms with van der Waals surface area (Å²) in [5.41, 5.74) is 0.152. The Balaban J connectivity index is 1.49. The van der Waals surface area contributed by atoms with Gasteiger partial charge < -0.3 is 14.6 Å². The first-order chi connectivity index (χ1) is 9.70. The quantitative estimate of drug-likeness (QED) is 0.919. The smallest absolute Gasteiger partial charge is 0.223 e. The summed E-state index contributed by atoms with van der Waals surface area (Å²) in [6, 6.07) is 0.531. The van der Waals surface area contributed by atoms with Crippen LogP contribution in [0, 0.1) is 6.92 Å². The van der Waals surface area contributed by atoms with Gasteiger partial charge in [-0.25, -0.2) is 0 Å². The Morgan fingerprint density at radius 2 is 2.00 bits per heavy atom. The van der Waals surface area contributed by atoms with Crippen LogP contribution in [-0.4, -0.2) is 28.4 Å². The van der Waals surface area contributed by atoms with Crippen LogP contribution in [-0.2, 0) is 10.3 Å². The minimum Gasteiger partial charge on any atom is -0.375 e. The summed E-state index contributed by atoms with van der Waals surface area (Å²) in [7, 11) is 0. The fourth-order valence-electron chi connectivity index (χ4n) is 3.92. The van der Waals surface area contributed by atoms with Crippen LogP contribution in [0.25, 0.3) is 0 Å². The lowest BCUT2D eigenvalue weighted by atomic mass is 9.71.